The first-order valence-electron chi connectivity index (χ1n) is 7.03. The van der Waals surface area contributed by atoms with Crippen molar-refractivity contribution in [1.29, 1.82) is 0 Å². The Morgan fingerprint density at radius 3 is 2.81 bits per heavy atom. The van der Waals surface area contributed by atoms with E-state index in [1.165, 1.54) is 6.42 Å². The van der Waals surface area contributed by atoms with Crippen molar-refractivity contribution in [2.75, 3.05) is 19.6 Å². The molecule has 3 rings (SSSR count). The van der Waals surface area contributed by atoms with Crippen molar-refractivity contribution in [2.45, 2.75) is 18.9 Å². The highest BCUT2D eigenvalue weighted by Gasteiger charge is 2.27. The quantitative estimate of drug-likeness (QED) is 0.906. The van der Waals surface area contributed by atoms with Crippen LogP contribution in [0.5, 0.6) is 0 Å². The number of imidazole rings is 1. The van der Waals surface area contributed by atoms with Crippen LogP contribution in [0.25, 0.3) is 11.3 Å². The topological polar surface area (TPSA) is 57.9 Å². The van der Waals surface area contributed by atoms with E-state index >= 15 is 0 Å². The molecule has 0 spiro atoms. The van der Waals surface area contributed by atoms with Gasteiger partial charge in [0.05, 0.1) is 17.9 Å². The molecule has 1 aromatic carbocycles. The number of benzene rings is 1. The summed E-state index contributed by atoms with van der Waals surface area (Å²) in [6.45, 7) is 2.74. The summed E-state index contributed by atoms with van der Waals surface area (Å²) in [5, 5.41) is 0.749. The molecular formula is C15H20Cl2N4. The highest BCUT2D eigenvalue weighted by molar-refractivity contribution is 6.30. The van der Waals surface area contributed by atoms with E-state index in [1.807, 2.05) is 30.5 Å². The number of H-pyrrole nitrogens is 1. The SMILES string of the molecule is Cl.NCCN1CCCC1c1ncc(-c2ccc(Cl)cc2)[nH]1. The number of likely N-dealkylation sites (tertiary alicyclic amines) is 1. The second-order valence-corrected chi connectivity index (χ2v) is 5.61. The molecule has 21 heavy (non-hydrogen) atoms. The zero-order chi connectivity index (χ0) is 13.9. The van der Waals surface area contributed by atoms with Crippen molar-refractivity contribution in [3.8, 4) is 11.3 Å². The van der Waals surface area contributed by atoms with Crippen molar-refractivity contribution >= 4 is 24.0 Å². The fraction of sp³-hybridized carbons (Fsp3) is 0.400. The molecule has 0 amide bonds. The third kappa shape index (κ3) is 3.58. The van der Waals surface area contributed by atoms with E-state index in [4.69, 9.17) is 17.3 Å². The summed E-state index contributed by atoms with van der Waals surface area (Å²) in [4.78, 5) is 10.4. The number of rotatable bonds is 4. The standard InChI is InChI=1S/C15H19ClN4.ClH/c16-12-5-3-11(4-6-12)13-10-18-15(19-13)14-2-1-8-20(14)9-7-17;/h3-6,10,14H,1-2,7-9,17H2,(H,18,19);1H. The Labute approximate surface area is 136 Å². The molecule has 6 heteroatoms. The van der Waals surface area contributed by atoms with Gasteiger partial charge in [-0.1, -0.05) is 23.7 Å². The first kappa shape index (κ1) is 16.3. The molecule has 0 radical (unpaired) electrons. The maximum absolute atomic E-state index is 5.92. The van der Waals surface area contributed by atoms with Crippen molar-refractivity contribution in [1.82, 2.24) is 14.9 Å². The van der Waals surface area contributed by atoms with E-state index in [0.29, 0.717) is 12.6 Å². The first-order valence-corrected chi connectivity index (χ1v) is 7.40. The third-order valence-corrected chi connectivity index (χ3v) is 4.10. The molecule has 1 aliphatic heterocycles. The largest absolute Gasteiger partial charge is 0.341 e. The van der Waals surface area contributed by atoms with Crippen LogP contribution in [0.4, 0.5) is 0 Å². The molecule has 1 aliphatic rings. The van der Waals surface area contributed by atoms with E-state index < -0.39 is 0 Å². The van der Waals surface area contributed by atoms with Gasteiger partial charge in [-0.3, -0.25) is 4.90 Å². The zero-order valence-electron chi connectivity index (χ0n) is 11.8. The minimum absolute atomic E-state index is 0. The summed E-state index contributed by atoms with van der Waals surface area (Å²) < 4.78 is 0. The van der Waals surface area contributed by atoms with Gasteiger partial charge in [0.2, 0.25) is 0 Å². The van der Waals surface area contributed by atoms with Gasteiger partial charge >= 0.3 is 0 Å². The lowest BCUT2D eigenvalue weighted by atomic mass is 10.2. The minimum atomic E-state index is 0. The normalized spacial score (nSPS) is 18.7. The maximum atomic E-state index is 5.92. The minimum Gasteiger partial charge on any atom is -0.341 e. The van der Waals surface area contributed by atoms with Gasteiger partial charge in [0.1, 0.15) is 5.82 Å². The molecule has 1 unspecified atom stereocenters. The Morgan fingerprint density at radius 2 is 2.10 bits per heavy atom. The highest BCUT2D eigenvalue weighted by atomic mass is 35.5. The van der Waals surface area contributed by atoms with Crippen LogP contribution in [0.3, 0.4) is 0 Å². The summed E-state index contributed by atoms with van der Waals surface area (Å²) in [5.74, 6) is 1.04. The fourth-order valence-corrected chi connectivity index (χ4v) is 2.98. The van der Waals surface area contributed by atoms with Crippen LogP contribution in [0, 0.1) is 0 Å². The van der Waals surface area contributed by atoms with Crippen molar-refractivity contribution in [3.63, 3.8) is 0 Å². The molecule has 1 aromatic heterocycles. The maximum Gasteiger partial charge on any atom is 0.123 e. The Morgan fingerprint density at radius 1 is 1.33 bits per heavy atom. The van der Waals surface area contributed by atoms with Crippen LogP contribution in [-0.4, -0.2) is 34.5 Å². The smallest absolute Gasteiger partial charge is 0.123 e. The third-order valence-electron chi connectivity index (χ3n) is 3.85. The predicted octanol–water partition coefficient (Wildman–Crippen LogP) is 3.25. The molecule has 4 nitrogen and oxygen atoms in total. The lowest BCUT2D eigenvalue weighted by Crippen LogP contribution is -2.29. The van der Waals surface area contributed by atoms with Gasteiger partial charge in [0.15, 0.2) is 0 Å². The molecular weight excluding hydrogens is 307 g/mol. The van der Waals surface area contributed by atoms with Crippen LogP contribution in [0.2, 0.25) is 5.02 Å². The monoisotopic (exact) mass is 326 g/mol. The average Bonchev–Trinajstić information content (AvgIpc) is 3.08. The summed E-state index contributed by atoms with van der Waals surface area (Å²) in [5.41, 5.74) is 7.82. The molecule has 2 aromatic rings. The molecule has 0 bridgehead atoms. The number of aromatic nitrogens is 2. The van der Waals surface area contributed by atoms with Crippen LogP contribution in [-0.2, 0) is 0 Å². The van der Waals surface area contributed by atoms with Gasteiger partial charge in [0, 0.05) is 18.1 Å². The number of hydrogen-bond acceptors (Lipinski definition) is 3. The van der Waals surface area contributed by atoms with Crippen molar-refractivity contribution < 1.29 is 0 Å². The Hall–Kier alpha value is -1.07. The summed E-state index contributed by atoms with van der Waals surface area (Å²) in [6.07, 6.45) is 4.26. The second kappa shape index (κ2) is 7.27. The van der Waals surface area contributed by atoms with E-state index in [0.717, 1.165) is 41.6 Å². The van der Waals surface area contributed by atoms with Gasteiger partial charge in [0.25, 0.3) is 0 Å². The fourth-order valence-electron chi connectivity index (χ4n) is 2.85. The van der Waals surface area contributed by atoms with Gasteiger partial charge in [-0.2, -0.15) is 0 Å². The van der Waals surface area contributed by atoms with E-state index in [-0.39, 0.29) is 12.4 Å². The zero-order valence-corrected chi connectivity index (χ0v) is 13.3. The van der Waals surface area contributed by atoms with Crippen molar-refractivity contribution in [3.05, 3.63) is 41.3 Å². The molecule has 3 N–H and O–H groups in total. The van der Waals surface area contributed by atoms with Crippen LogP contribution >= 0.6 is 24.0 Å². The number of hydrogen-bond donors (Lipinski definition) is 2. The van der Waals surface area contributed by atoms with Crippen molar-refractivity contribution in [2.24, 2.45) is 5.73 Å². The molecule has 1 atom stereocenters. The number of nitrogens with one attached hydrogen (secondary N) is 1. The number of nitrogens with zero attached hydrogens (tertiary/aromatic N) is 2. The van der Waals surface area contributed by atoms with E-state index in [9.17, 15) is 0 Å². The molecule has 2 heterocycles. The van der Waals surface area contributed by atoms with Gasteiger partial charge < -0.3 is 10.7 Å². The molecule has 0 aliphatic carbocycles. The summed E-state index contributed by atoms with van der Waals surface area (Å²) >= 11 is 5.92. The number of nitrogens with two attached hydrogens (primary N) is 1. The van der Waals surface area contributed by atoms with Crippen LogP contribution < -0.4 is 5.73 Å². The van der Waals surface area contributed by atoms with Gasteiger partial charge in [-0.25, -0.2) is 4.98 Å². The highest BCUT2D eigenvalue weighted by Crippen LogP contribution is 2.31. The lowest BCUT2D eigenvalue weighted by Gasteiger charge is -2.21. The summed E-state index contributed by atoms with van der Waals surface area (Å²) in [7, 11) is 0. The van der Waals surface area contributed by atoms with Gasteiger partial charge in [-0.05, 0) is 37.1 Å². The number of aromatic amines is 1. The van der Waals surface area contributed by atoms with E-state index in [2.05, 4.69) is 14.9 Å². The number of halogens is 2. The molecule has 114 valence electrons. The second-order valence-electron chi connectivity index (χ2n) is 5.17. The van der Waals surface area contributed by atoms with E-state index in [1.54, 1.807) is 0 Å². The lowest BCUT2D eigenvalue weighted by molar-refractivity contribution is 0.256. The molecule has 1 fully saturated rings. The van der Waals surface area contributed by atoms with Crippen LogP contribution in [0.15, 0.2) is 30.5 Å². The first-order chi connectivity index (χ1) is 9.78. The predicted molar refractivity (Wildman–Crippen MR) is 88.9 cm³/mol. The Balaban J connectivity index is 0.00000161. The Kier molecular flexibility index (Phi) is 5.65. The Bertz CT molecular complexity index is 567. The average molecular weight is 327 g/mol. The van der Waals surface area contributed by atoms with Gasteiger partial charge in [-0.15, -0.1) is 12.4 Å². The van der Waals surface area contributed by atoms with Crippen LogP contribution in [0.1, 0.15) is 24.7 Å². The molecule has 0 saturated carbocycles. The molecule has 1 saturated heterocycles. The summed E-state index contributed by atoms with van der Waals surface area (Å²) in [6, 6.07) is 8.18.